The van der Waals surface area contributed by atoms with Crippen LogP contribution < -0.4 is 10.6 Å². The SMILES string of the molecule is O=C(Nc1ccnn1Cc1ccccn1)NC1CCC(C(=O)O)CC1. The standard InChI is InChI=1S/C17H21N5O3/c23-16(24)12-4-6-13(7-5-12)20-17(25)21-15-8-10-19-22(15)11-14-3-1-2-9-18-14/h1-3,8-10,12-13H,4-7,11H2,(H,23,24)(H2,20,21,25). The van der Waals surface area contributed by atoms with Crippen LogP contribution in [0, 0.1) is 5.92 Å². The van der Waals surface area contributed by atoms with E-state index in [9.17, 15) is 9.59 Å². The molecule has 0 saturated heterocycles. The highest BCUT2D eigenvalue weighted by atomic mass is 16.4. The van der Waals surface area contributed by atoms with Crippen molar-refractivity contribution in [2.45, 2.75) is 38.3 Å². The van der Waals surface area contributed by atoms with Crippen molar-refractivity contribution in [1.82, 2.24) is 20.1 Å². The molecular weight excluding hydrogens is 322 g/mol. The van der Waals surface area contributed by atoms with Gasteiger partial charge in [-0.1, -0.05) is 6.07 Å². The Morgan fingerprint density at radius 3 is 2.64 bits per heavy atom. The van der Waals surface area contributed by atoms with Gasteiger partial charge in [-0.2, -0.15) is 5.10 Å². The van der Waals surface area contributed by atoms with E-state index >= 15 is 0 Å². The maximum atomic E-state index is 12.2. The summed E-state index contributed by atoms with van der Waals surface area (Å²) in [6.07, 6.45) is 5.88. The Hall–Kier alpha value is -2.90. The molecule has 3 N–H and O–H groups in total. The molecule has 0 aliphatic heterocycles. The number of carboxylic acids is 1. The fourth-order valence-electron chi connectivity index (χ4n) is 3.03. The Labute approximate surface area is 145 Å². The summed E-state index contributed by atoms with van der Waals surface area (Å²) < 4.78 is 1.67. The van der Waals surface area contributed by atoms with Gasteiger partial charge in [-0.15, -0.1) is 0 Å². The summed E-state index contributed by atoms with van der Waals surface area (Å²) in [6, 6.07) is 7.07. The number of carboxylic acid groups (broad SMARTS) is 1. The highest BCUT2D eigenvalue weighted by Gasteiger charge is 2.26. The highest BCUT2D eigenvalue weighted by molar-refractivity contribution is 5.88. The van der Waals surface area contributed by atoms with Crippen LogP contribution >= 0.6 is 0 Å². The summed E-state index contributed by atoms with van der Waals surface area (Å²) in [6.45, 7) is 0.465. The highest BCUT2D eigenvalue weighted by Crippen LogP contribution is 2.24. The summed E-state index contributed by atoms with van der Waals surface area (Å²) in [5.41, 5.74) is 0.849. The third-order valence-corrected chi connectivity index (χ3v) is 4.41. The molecule has 0 atom stereocenters. The molecule has 2 aromatic rings. The number of rotatable bonds is 5. The van der Waals surface area contributed by atoms with Gasteiger partial charge in [0, 0.05) is 18.3 Å². The molecule has 132 valence electrons. The first-order valence-electron chi connectivity index (χ1n) is 8.34. The Bertz CT molecular complexity index is 723. The number of carbonyl (C=O) groups excluding carboxylic acids is 1. The van der Waals surface area contributed by atoms with Gasteiger partial charge in [0.25, 0.3) is 0 Å². The smallest absolute Gasteiger partial charge is 0.320 e. The van der Waals surface area contributed by atoms with Gasteiger partial charge in [-0.25, -0.2) is 9.48 Å². The lowest BCUT2D eigenvalue weighted by atomic mass is 9.86. The van der Waals surface area contributed by atoms with E-state index in [4.69, 9.17) is 5.11 Å². The number of urea groups is 1. The minimum Gasteiger partial charge on any atom is -0.481 e. The van der Waals surface area contributed by atoms with Crippen molar-refractivity contribution in [3.8, 4) is 0 Å². The summed E-state index contributed by atoms with van der Waals surface area (Å²) >= 11 is 0. The van der Waals surface area contributed by atoms with Crippen LogP contribution in [0.4, 0.5) is 10.6 Å². The second-order valence-corrected chi connectivity index (χ2v) is 6.18. The Balaban J connectivity index is 1.52. The molecule has 0 spiro atoms. The van der Waals surface area contributed by atoms with E-state index in [-0.39, 0.29) is 18.0 Å². The number of aliphatic carboxylic acids is 1. The lowest BCUT2D eigenvalue weighted by Crippen LogP contribution is -2.41. The first-order valence-corrected chi connectivity index (χ1v) is 8.34. The van der Waals surface area contributed by atoms with Crippen LogP contribution in [-0.2, 0) is 11.3 Å². The number of carbonyl (C=O) groups is 2. The number of anilines is 1. The number of amides is 2. The van der Waals surface area contributed by atoms with Crippen LogP contribution in [0.2, 0.25) is 0 Å². The Kier molecular flexibility index (Phi) is 5.27. The van der Waals surface area contributed by atoms with Gasteiger partial charge in [-0.3, -0.25) is 15.1 Å². The molecule has 8 heteroatoms. The quantitative estimate of drug-likeness (QED) is 0.770. The van der Waals surface area contributed by atoms with Crippen molar-refractivity contribution in [3.05, 3.63) is 42.4 Å². The first kappa shape index (κ1) is 16.9. The third kappa shape index (κ3) is 4.56. The zero-order valence-corrected chi connectivity index (χ0v) is 13.8. The minimum atomic E-state index is -0.749. The molecule has 3 rings (SSSR count). The normalized spacial score (nSPS) is 20.0. The minimum absolute atomic E-state index is 0.00256. The maximum absolute atomic E-state index is 12.2. The average Bonchev–Trinajstić information content (AvgIpc) is 3.03. The number of aromatic nitrogens is 3. The molecule has 0 bridgehead atoms. The molecule has 0 unspecified atom stereocenters. The second kappa shape index (κ2) is 7.78. The molecular formula is C17H21N5O3. The van der Waals surface area contributed by atoms with Crippen molar-refractivity contribution in [2.75, 3.05) is 5.32 Å². The summed E-state index contributed by atoms with van der Waals surface area (Å²) in [5.74, 6) is -0.454. The van der Waals surface area contributed by atoms with Crippen molar-refractivity contribution in [2.24, 2.45) is 5.92 Å². The lowest BCUT2D eigenvalue weighted by Gasteiger charge is -2.26. The van der Waals surface area contributed by atoms with E-state index in [2.05, 4.69) is 20.7 Å². The van der Waals surface area contributed by atoms with Gasteiger partial charge in [0.1, 0.15) is 5.82 Å². The summed E-state index contributed by atoms with van der Waals surface area (Å²) in [5, 5.41) is 18.9. The predicted octanol–water partition coefficient (Wildman–Crippen LogP) is 2.09. The fourth-order valence-corrected chi connectivity index (χ4v) is 3.03. The van der Waals surface area contributed by atoms with Crippen molar-refractivity contribution in [1.29, 1.82) is 0 Å². The van der Waals surface area contributed by atoms with Crippen LogP contribution in [0.1, 0.15) is 31.4 Å². The van der Waals surface area contributed by atoms with E-state index in [1.807, 2.05) is 18.2 Å². The van der Waals surface area contributed by atoms with Gasteiger partial charge >= 0.3 is 12.0 Å². The van der Waals surface area contributed by atoms with Gasteiger partial charge in [-0.05, 0) is 37.8 Å². The van der Waals surface area contributed by atoms with E-state index in [0.717, 1.165) is 5.69 Å². The van der Waals surface area contributed by atoms with Crippen molar-refractivity contribution < 1.29 is 14.7 Å². The molecule has 1 fully saturated rings. The molecule has 1 saturated carbocycles. The molecule has 25 heavy (non-hydrogen) atoms. The van der Waals surface area contributed by atoms with Gasteiger partial charge in [0.05, 0.1) is 24.4 Å². The number of pyridine rings is 1. The Morgan fingerprint density at radius 1 is 1.16 bits per heavy atom. The number of nitrogens with zero attached hydrogens (tertiary/aromatic N) is 3. The summed E-state index contributed by atoms with van der Waals surface area (Å²) in [7, 11) is 0. The van der Waals surface area contributed by atoms with E-state index in [1.165, 1.54) is 0 Å². The van der Waals surface area contributed by atoms with Crippen LogP contribution in [0.25, 0.3) is 0 Å². The third-order valence-electron chi connectivity index (χ3n) is 4.41. The van der Waals surface area contributed by atoms with E-state index in [1.54, 1.807) is 23.1 Å². The fraction of sp³-hybridized carbons (Fsp3) is 0.412. The molecule has 1 aliphatic rings. The first-order chi connectivity index (χ1) is 12.1. The second-order valence-electron chi connectivity index (χ2n) is 6.18. The molecule has 2 amide bonds. The molecule has 0 aromatic carbocycles. The van der Waals surface area contributed by atoms with E-state index < -0.39 is 5.97 Å². The van der Waals surface area contributed by atoms with E-state index in [0.29, 0.717) is 38.0 Å². The van der Waals surface area contributed by atoms with Crippen molar-refractivity contribution in [3.63, 3.8) is 0 Å². The molecule has 0 radical (unpaired) electrons. The van der Waals surface area contributed by atoms with Gasteiger partial charge < -0.3 is 10.4 Å². The van der Waals surface area contributed by atoms with Crippen LogP contribution in [0.5, 0.6) is 0 Å². The van der Waals surface area contributed by atoms with Crippen molar-refractivity contribution >= 4 is 17.8 Å². The number of hydrogen-bond acceptors (Lipinski definition) is 4. The van der Waals surface area contributed by atoms with Crippen LogP contribution in [0.3, 0.4) is 0 Å². The molecule has 2 heterocycles. The van der Waals surface area contributed by atoms with Gasteiger partial charge in [0.15, 0.2) is 0 Å². The largest absolute Gasteiger partial charge is 0.481 e. The monoisotopic (exact) mass is 343 g/mol. The molecule has 8 nitrogen and oxygen atoms in total. The topological polar surface area (TPSA) is 109 Å². The lowest BCUT2D eigenvalue weighted by molar-refractivity contribution is -0.142. The van der Waals surface area contributed by atoms with Gasteiger partial charge in [0.2, 0.25) is 0 Å². The van der Waals surface area contributed by atoms with Crippen LogP contribution in [-0.4, -0.2) is 37.9 Å². The molecule has 2 aromatic heterocycles. The zero-order valence-electron chi connectivity index (χ0n) is 13.8. The number of hydrogen-bond donors (Lipinski definition) is 3. The summed E-state index contributed by atoms with van der Waals surface area (Å²) in [4.78, 5) is 27.4. The Morgan fingerprint density at radius 2 is 1.96 bits per heavy atom. The maximum Gasteiger partial charge on any atom is 0.320 e. The number of nitrogens with one attached hydrogen (secondary N) is 2. The average molecular weight is 343 g/mol. The van der Waals surface area contributed by atoms with Crippen LogP contribution in [0.15, 0.2) is 36.7 Å². The zero-order chi connectivity index (χ0) is 17.6. The molecule has 1 aliphatic carbocycles. The predicted molar refractivity (Wildman–Crippen MR) is 91.1 cm³/mol.